The highest BCUT2D eigenvalue weighted by Gasteiger charge is 2.34. The lowest BCUT2D eigenvalue weighted by Gasteiger charge is -1.93. The molecule has 0 radical (unpaired) electrons. The van der Waals surface area contributed by atoms with E-state index < -0.39 is 0 Å². The average Bonchev–Trinajstić information content (AvgIpc) is 3.10. The molecule has 4 aromatic heterocycles. The molecule has 0 fully saturated rings. The van der Waals surface area contributed by atoms with Crippen molar-refractivity contribution in [2.45, 2.75) is 6.54 Å². The van der Waals surface area contributed by atoms with Crippen molar-refractivity contribution in [3.8, 4) is 11.4 Å². The molecule has 0 spiro atoms. The van der Waals surface area contributed by atoms with Crippen LogP contribution in [-0.4, -0.2) is 14.5 Å². The number of imidazole rings is 1. The van der Waals surface area contributed by atoms with Crippen LogP contribution in [-0.2, 0) is 13.6 Å². The van der Waals surface area contributed by atoms with Crippen LogP contribution in [0.5, 0.6) is 0 Å². The van der Waals surface area contributed by atoms with Crippen molar-refractivity contribution in [3.05, 3.63) is 42.5 Å². The SMILES string of the molecule is C[n+]1c2n(c3c4cnccc4sc31)Cc1cnccc1-2. The van der Waals surface area contributed by atoms with Crippen LogP contribution in [0.3, 0.4) is 0 Å². The van der Waals surface area contributed by atoms with Gasteiger partial charge in [-0.2, -0.15) is 0 Å². The van der Waals surface area contributed by atoms with Gasteiger partial charge in [0.1, 0.15) is 6.54 Å². The Morgan fingerprint density at radius 3 is 3.00 bits per heavy atom. The smallest absolute Gasteiger partial charge is 0.264 e. The number of nitrogens with zero attached hydrogens (tertiary/aromatic N) is 4. The van der Waals surface area contributed by atoms with Crippen LogP contribution in [0.4, 0.5) is 0 Å². The highest BCUT2D eigenvalue weighted by molar-refractivity contribution is 7.25. The zero-order chi connectivity index (χ0) is 13.3. The highest BCUT2D eigenvalue weighted by atomic mass is 32.1. The Kier molecular flexibility index (Phi) is 1.80. The van der Waals surface area contributed by atoms with Crippen LogP contribution in [0.25, 0.3) is 31.8 Å². The van der Waals surface area contributed by atoms with Gasteiger partial charge in [-0.15, -0.1) is 0 Å². The van der Waals surface area contributed by atoms with E-state index in [1.165, 1.54) is 37.4 Å². The molecule has 0 bridgehead atoms. The summed E-state index contributed by atoms with van der Waals surface area (Å²) in [6.45, 7) is 0.899. The maximum atomic E-state index is 4.29. The minimum Gasteiger partial charge on any atom is -0.264 e. The molecule has 5 heteroatoms. The van der Waals surface area contributed by atoms with Gasteiger partial charge in [-0.05, 0) is 12.1 Å². The molecule has 96 valence electrons. The van der Waals surface area contributed by atoms with Crippen LogP contribution in [0.15, 0.2) is 36.9 Å². The number of rotatable bonds is 0. The number of fused-ring (bicyclic) bond motifs is 7. The van der Waals surface area contributed by atoms with Crippen LogP contribution in [0, 0.1) is 0 Å². The Morgan fingerprint density at radius 1 is 1.20 bits per heavy atom. The Labute approximate surface area is 119 Å². The molecular formula is C15H11N4S+. The van der Waals surface area contributed by atoms with Crippen LogP contribution in [0.2, 0.25) is 0 Å². The van der Waals surface area contributed by atoms with Gasteiger partial charge >= 0.3 is 0 Å². The third-order valence-electron chi connectivity index (χ3n) is 4.07. The fourth-order valence-electron chi connectivity index (χ4n) is 3.21. The molecule has 1 aliphatic rings. The molecule has 1 aliphatic heterocycles. The van der Waals surface area contributed by atoms with E-state index in [0.717, 1.165) is 6.54 Å². The zero-order valence-corrected chi connectivity index (χ0v) is 11.7. The lowest BCUT2D eigenvalue weighted by atomic mass is 10.2. The first-order valence-corrected chi connectivity index (χ1v) is 7.34. The van der Waals surface area contributed by atoms with Gasteiger partial charge in [0.25, 0.3) is 5.82 Å². The van der Waals surface area contributed by atoms with Gasteiger partial charge in [-0.25, -0.2) is 9.13 Å². The first-order valence-electron chi connectivity index (χ1n) is 6.52. The van der Waals surface area contributed by atoms with Crippen molar-refractivity contribution in [2.24, 2.45) is 7.05 Å². The predicted octanol–water partition coefficient (Wildman–Crippen LogP) is 2.50. The third kappa shape index (κ3) is 1.10. The van der Waals surface area contributed by atoms with Gasteiger partial charge < -0.3 is 0 Å². The number of aryl methyl sites for hydroxylation is 1. The van der Waals surface area contributed by atoms with Crippen LogP contribution < -0.4 is 4.57 Å². The average molecular weight is 279 g/mol. The highest BCUT2D eigenvalue weighted by Crippen LogP contribution is 2.39. The second kappa shape index (κ2) is 3.43. The summed E-state index contributed by atoms with van der Waals surface area (Å²) < 4.78 is 5.98. The summed E-state index contributed by atoms with van der Waals surface area (Å²) >= 11 is 1.83. The zero-order valence-electron chi connectivity index (χ0n) is 10.9. The molecule has 0 aromatic carbocycles. The van der Waals surface area contributed by atoms with E-state index >= 15 is 0 Å². The Morgan fingerprint density at radius 2 is 2.05 bits per heavy atom. The molecule has 0 atom stereocenters. The predicted molar refractivity (Wildman–Crippen MR) is 78.6 cm³/mol. The molecule has 4 aromatic rings. The van der Waals surface area contributed by atoms with Gasteiger partial charge in [0.15, 0.2) is 5.52 Å². The maximum absolute atomic E-state index is 4.29. The van der Waals surface area contributed by atoms with Crippen molar-refractivity contribution in [1.29, 1.82) is 0 Å². The molecule has 0 N–H and O–H groups in total. The third-order valence-corrected chi connectivity index (χ3v) is 5.30. The second-order valence-electron chi connectivity index (χ2n) is 5.13. The molecular weight excluding hydrogens is 268 g/mol. The minimum atomic E-state index is 0.899. The summed E-state index contributed by atoms with van der Waals surface area (Å²) in [5.74, 6) is 1.27. The number of hydrogen-bond acceptors (Lipinski definition) is 3. The first kappa shape index (κ1) is 10.5. The Balaban J connectivity index is 1.99. The van der Waals surface area contributed by atoms with E-state index in [9.17, 15) is 0 Å². The number of aromatic nitrogens is 4. The fourth-order valence-corrected chi connectivity index (χ4v) is 4.35. The lowest BCUT2D eigenvalue weighted by Crippen LogP contribution is -2.28. The molecule has 0 aliphatic carbocycles. The summed E-state index contributed by atoms with van der Waals surface area (Å²) in [6, 6.07) is 4.20. The lowest BCUT2D eigenvalue weighted by molar-refractivity contribution is -0.631. The minimum absolute atomic E-state index is 0.899. The fraction of sp³-hybridized carbons (Fsp3) is 0.133. The van der Waals surface area contributed by atoms with E-state index in [0.29, 0.717) is 0 Å². The van der Waals surface area contributed by atoms with Crippen molar-refractivity contribution in [2.75, 3.05) is 0 Å². The first-order chi connectivity index (χ1) is 9.84. The van der Waals surface area contributed by atoms with Gasteiger partial charge in [0.2, 0.25) is 4.83 Å². The van der Waals surface area contributed by atoms with Crippen LogP contribution >= 0.6 is 11.3 Å². The summed E-state index contributed by atoms with van der Waals surface area (Å²) in [4.78, 5) is 9.85. The van der Waals surface area contributed by atoms with Gasteiger partial charge in [0, 0.05) is 35.1 Å². The van der Waals surface area contributed by atoms with E-state index in [-0.39, 0.29) is 0 Å². The topological polar surface area (TPSA) is 34.6 Å². The second-order valence-corrected chi connectivity index (χ2v) is 6.16. The molecule has 4 nitrogen and oxygen atoms in total. The molecule has 5 rings (SSSR count). The summed E-state index contributed by atoms with van der Waals surface area (Å²) in [7, 11) is 2.15. The van der Waals surface area contributed by atoms with E-state index in [4.69, 9.17) is 0 Å². The van der Waals surface area contributed by atoms with Gasteiger partial charge in [0.05, 0.1) is 18.0 Å². The van der Waals surface area contributed by atoms with Crippen molar-refractivity contribution in [3.63, 3.8) is 0 Å². The molecule has 0 unspecified atom stereocenters. The number of thiophene rings is 1. The molecule has 0 amide bonds. The Hall–Kier alpha value is -2.27. The Bertz CT molecular complexity index is 996. The summed E-state index contributed by atoms with van der Waals surface area (Å²) in [5.41, 5.74) is 3.89. The van der Waals surface area contributed by atoms with E-state index in [2.05, 4.69) is 38.3 Å². The standard InChI is InChI=1S/C15H11N4S/c1-18-14-10-2-4-16-6-9(10)8-19(14)13-11-7-17-5-3-12(11)20-15(13)18/h2-7H,8H2,1H3/q+1. The molecule has 0 saturated carbocycles. The quantitative estimate of drug-likeness (QED) is 0.408. The largest absolute Gasteiger partial charge is 0.291 e. The van der Waals surface area contributed by atoms with Crippen molar-refractivity contribution >= 4 is 31.8 Å². The van der Waals surface area contributed by atoms with Gasteiger partial charge in [-0.1, -0.05) is 11.3 Å². The van der Waals surface area contributed by atoms with Crippen LogP contribution in [0.1, 0.15) is 5.56 Å². The number of pyridine rings is 2. The normalized spacial score (nSPS) is 13.1. The molecule has 5 heterocycles. The van der Waals surface area contributed by atoms with E-state index in [1.54, 1.807) is 0 Å². The summed E-state index contributed by atoms with van der Waals surface area (Å²) in [6.07, 6.45) is 7.68. The van der Waals surface area contributed by atoms with Crippen molar-refractivity contribution in [1.82, 2.24) is 14.5 Å². The summed E-state index contributed by atoms with van der Waals surface area (Å²) in [5, 5.41) is 1.25. The molecule has 20 heavy (non-hydrogen) atoms. The monoisotopic (exact) mass is 279 g/mol. The maximum Gasteiger partial charge on any atom is 0.291 e. The number of hydrogen-bond donors (Lipinski definition) is 0. The van der Waals surface area contributed by atoms with E-state index in [1.807, 2.05) is 36.1 Å². The van der Waals surface area contributed by atoms with Gasteiger partial charge in [-0.3, -0.25) is 9.97 Å². The molecule has 0 saturated heterocycles. The van der Waals surface area contributed by atoms with Crippen molar-refractivity contribution < 1.29 is 4.57 Å².